The van der Waals surface area contributed by atoms with Crippen LogP contribution in [0.3, 0.4) is 0 Å². The molecule has 0 aliphatic heterocycles. The molecule has 0 aromatic heterocycles. The van der Waals surface area contributed by atoms with E-state index in [1.807, 2.05) is 6.92 Å². The van der Waals surface area contributed by atoms with Gasteiger partial charge in [0.05, 0.1) is 7.11 Å². The largest absolute Gasteiger partial charge is 0.497 e. The Hall–Kier alpha value is -2.23. The standard InChI is InChI=1S/C18H17F3O/c1-3-4-12-5-7-13(8-6-12)17(20)18(21)15-10-9-14(22-2)11-16(15)19/h5-11H,3-4H2,1-2H3/b18-17+. The molecule has 0 atom stereocenters. The van der Waals surface area contributed by atoms with E-state index in [-0.39, 0.29) is 11.3 Å². The molecule has 0 radical (unpaired) electrons. The zero-order valence-corrected chi connectivity index (χ0v) is 12.5. The minimum atomic E-state index is -1.22. The van der Waals surface area contributed by atoms with Gasteiger partial charge in [0, 0.05) is 17.2 Å². The summed E-state index contributed by atoms with van der Waals surface area (Å²) in [5.41, 5.74) is 0.721. The minimum Gasteiger partial charge on any atom is -0.497 e. The molecule has 0 saturated heterocycles. The molecule has 2 aromatic rings. The van der Waals surface area contributed by atoms with Crippen molar-refractivity contribution in [3.05, 3.63) is 65.0 Å². The van der Waals surface area contributed by atoms with Crippen molar-refractivity contribution in [3.8, 4) is 5.75 Å². The van der Waals surface area contributed by atoms with E-state index in [4.69, 9.17) is 4.74 Å². The average molecular weight is 306 g/mol. The minimum absolute atomic E-state index is 0.0903. The average Bonchev–Trinajstić information content (AvgIpc) is 2.54. The quantitative estimate of drug-likeness (QED) is 0.658. The highest BCUT2D eigenvalue weighted by atomic mass is 19.2. The molecule has 2 rings (SSSR count). The van der Waals surface area contributed by atoms with Crippen LogP contribution in [-0.2, 0) is 6.42 Å². The van der Waals surface area contributed by atoms with Crippen LogP contribution in [0.2, 0.25) is 0 Å². The molecule has 0 amide bonds. The molecule has 0 aliphatic carbocycles. The van der Waals surface area contributed by atoms with Gasteiger partial charge in [0.25, 0.3) is 0 Å². The van der Waals surface area contributed by atoms with Gasteiger partial charge in [-0.15, -0.1) is 0 Å². The molecule has 0 bridgehead atoms. The summed E-state index contributed by atoms with van der Waals surface area (Å²) in [4.78, 5) is 0. The lowest BCUT2D eigenvalue weighted by atomic mass is 10.1. The van der Waals surface area contributed by atoms with Crippen LogP contribution in [0.4, 0.5) is 13.2 Å². The van der Waals surface area contributed by atoms with Crippen molar-refractivity contribution in [2.75, 3.05) is 7.11 Å². The number of halogens is 3. The Morgan fingerprint density at radius 2 is 1.68 bits per heavy atom. The molecule has 0 aliphatic rings. The van der Waals surface area contributed by atoms with Gasteiger partial charge in [0.1, 0.15) is 11.6 Å². The number of aryl methyl sites for hydroxylation is 1. The molecule has 0 unspecified atom stereocenters. The fourth-order valence-corrected chi connectivity index (χ4v) is 2.15. The predicted octanol–water partition coefficient (Wildman–Crippen LogP) is 5.55. The van der Waals surface area contributed by atoms with Gasteiger partial charge >= 0.3 is 0 Å². The van der Waals surface area contributed by atoms with Crippen LogP contribution in [-0.4, -0.2) is 7.11 Å². The van der Waals surface area contributed by atoms with Crippen molar-refractivity contribution in [2.45, 2.75) is 19.8 Å². The summed E-state index contributed by atoms with van der Waals surface area (Å²) in [6.07, 6.45) is 1.85. The maximum absolute atomic E-state index is 14.2. The molecular weight excluding hydrogens is 289 g/mol. The first-order valence-corrected chi connectivity index (χ1v) is 7.05. The maximum atomic E-state index is 14.2. The van der Waals surface area contributed by atoms with Crippen LogP contribution in [0.15, 0.2) is 42.5 Å². The van der Waals surface area contributed by atoms with E-state index >= 15 is 0 Å². The van der Waals surface area contributed by atoms with Gasteiger partial charge in [-0.05, 0) is 24.1 Å². The van der Waals surface area contributed by atoms with Gasteiger partial charge < -0.3 is 4.74 Å². The van der Waals surface area contributed by atoms with Crippen LogP contribution in [0.25, 0.3) is 11.7 Å². The predicted molar refractivity (Wildman–Crippen MR) is 82.4 cm³/mol. The van der Waals surface area contributed by atoms with Crippen LogP contribution >= 0.6 is 0 Å². The molecule has 0 N–H and O–H groups in total. The topological polar surface area (TPSA) is 9.23 Å². The monoisotopic (exact) mass is 306 g/mol. The maximum Gasteiger partial charge on any atom is 0.169 e. The van der Waals surface area contributed by atoms with Crippen molar-refractivity contribution in [1.82, 2.24) is 0 Å². The molecule has 1 nitrogen and oxygen atoms in total. The van der Waals surface area contributed by atoms with Gasteiger partial charge in [-0.1, -0.05) is 37.6 Å². The SMILES string of the molecule is CCCc1ccc(/C(F)=C(\F)c2ccc(OC)cc2F)cc1. The van der Waals surface area contributed by atoms with Crippen molar-refractivity contribution in [3.63, 3.8) is 0 Å². The highest BCUT2D eigenvalue weighted by Gasteiger charge is 2.16. The zero-order valence-electron chi connectivity index (χ0n) is 12.5. The Kier molecular flexibility index (Phi) is 5.26. The fourth-order valence-electron chi connectivity index (χ4n) is 2.15. The molecule has 116 valence electrons. The summed E-state index contributed by atoms with van der Waals surface area (Å²) in [6.45, 7) is 2.04. The summed E-state index contributed by atoms with van der Waals surface area (Å²) in [7, 11) is 1.37. The van der Waals surface area contributed by atoms with Gasteiger partial charge in [-0.3, -0.25) is 0 Å². The number of rotatable bonds is 5. The zero-order chi connectivity index (χ0) is 16.1. The lowest BCUT2D eigenvalue weighted by Gasteiger charge is -2.06. The van der Waals surface area contributed by atoms with Crippen LogP contribution in [0.1, 0.15) is 30.0 Å². The first-order valence-electron chi connectivity index (χ1n) is 7.05. The second-order valence-electron chi connectivity index (χ2n) is 4.92. The van der Waals surface area contributed by atoms with Crippen molar-refractivity contribution < 1.29 is 17.9 Å². The van der Waals surface area contributed by atoms with E-state index in [1.54, 1.807) is 12.1 Å². The molecule has 4 heteroatoms. The number of ether oxygens (including phenoxy) is 1. The van der Waals surface area contributed by atoms with Crippen molar-refractivity contribution in [2.24, 2.45) is 0 Å². The summed E-state index contributed by atoms with van der Waals surface area (Å²) >= 11 is 0. The molecule has 0 saturated carbocycles. The lowest BCUT2D eigenvalue weighted by Crippen LogP contribution is -1.92. The van der Waals surface area contributed by atoms with E-state index in [0.29, 0.717) is 0 Å². The third-order valence-corrected chi connectivity index (χ3v) is 3.35. The number of hydrogen-bond donors (Lipinski definition) is 0. The molecule has 22 heavy (non-hydrogen) atoms. The Bertz CT molecular complexity index is 675. The van der Waals surface area contributed by atoms with Crippen LogP contribution < -0.4 is 4.74 Å². The Morgan fingerprint density at radius 1 is 1.00 bits per heavy atom. The summed E-state index contributed by atoms with van der Waals surface area (Å²) < 4.78 is 47.0. The number of methoxy groups -OCH3 is 1. The van der Waals surface area contributed by atoms with Gasteiger partial charge in [0.2, 0.25) is 0 Å². The summed E-state index contributed by atoms with van der Waals surface area (Å²) in [6, 6.07) is 10.1. The highest BCUT2D eigenvalue weighted by Crippen LogP contribution is 2.31. The van der Waals surface area contributed by atoms with Gasteiger partial charge in [-0.25, -0.2) is 13.2 Å². The van der Waals surface area contributed by atoms with Crippen molar-refractivity contribution >= 4 is 11.7 Å². The van der Waals surface area contributed by atoms with E-state index < -0.39 is 23.0 Å². The molecule has 0 fully saturated rings. The first-order chi connectivity index (χ1) is 10.6. The third-order valence-electron chi connectivity index (χ3n) is 3.35. The highest BCUT2D eigenvalue weighted by molar-refractivity contribution is 5.83. The fraction of sp³-hybridized carbons (Fsp3) is 0.222. The van der Waals surface area contributed by atoms with Crippen LogP contribution in [0, 0.1) is 5.82 Å². The molecule has 0 spiro atoms. The molecule has 2 aromatic carbocycles. The first kappa shape index (κ1) is 16.1. The van der Waals surface area contributed by atoms with Crippen molar-refractivity contribution in [1.29, 1.82) is 0 Å². The second-order valence-corrected chi connectivity index (χ2v) is 4.92. The Balaban J connectivity index is 2.35. The smallest absolute Gasteiger partial charge is 0.169 e. The third kappa shape index (κ3) is 3.50. The van der Waals surface area contributed by atoms with E-state index in [2.05, 4.69) is 0 Å². The molecule has 0 heterocycles. The Labute approximate surface area is 128 Å². The van der Waals surface area contributed by atoms with Crippen LogP contribution in [0.5, 0.6) is 5.75 Å². The number of hydrogen-bond acceptors (Lipinski definition) is 1. The second kappa shape index (κ2) is 7.16. The van der Waals surface area contributed by atoms with E-state index in [9.17, 15) is 13.2 Å². The summed E-state index contributed by atoms with van der Waals surface area (Å²) in [5.74, 6) is -2.91. The Morgan fingerprint density at radius 3 is 2.23 bits per heavy atom. The van der Waals surface area contributed by atoms with Gasteiger partial charge in [-0.2, -0.15) is 0 Å². The normalized spacial score (nSPS) is 12.0. The van der Waals surface area contributed by atoms with Gasteiger partial charge in [0.15, 0.2) is 11.7 Å². The molecular formula is C18H17F3O. The van der Waals surface area contributed by atoms with E-state index in [1.165, 1.54) is 25.3 Å². The summed E-state index contributed by atoms with van der Waals surface area (Å²) in [5, 5.41) is 0. The lowest BCUT2D eigenvalue weighted by molar-refractivity contribution is 0.411. The van der Waals surface area contributed by atoms with E-state index in [0.717, 1.165) is 30.5 Å². The number of benzene rings is 2.